The van der Waals surface area contributed by atoms with Crippen LogP contribution in [0.5, 0.6) is 0 Å². The number of hydrogen-bond donors (Lipinski definition) is 1. The lowest BCUT2D eigenvalue weighted by Gasteiger charge is -2.54. The summed E-state index contributed by atoms with van der Waals surface area (Å²) in [4.78, 5) is 33.9. The number of nitrogens with zero attached hydrogens (tertiary/aromatic N) is 4. The van der Waals surface area contributed by atoms with Crippen LogP contribution in [0.15, 0.2) is 82.6 Å². The van der Waals surface area contributed by atoms with Crippen LogP contribution >= 0.6 is 0 Å². The average molecular weight is 820 g/mol. The van der Waals surface area contributed by atoms with Gasteiger partial charge in [0.05, 0.1) is 43.2 Å². The molecule has 1 N–H and O–H groups in total. The molecule has 4 aliphatic heterocycles. The van der Waals surface area contributed by atoms with Crippen molar-refractivity contribution in [2.24, 2.45) is 11.8 Å². The largest absolute Gasteiger partial charge is 0.453 e. The van der Waals surface area contributed by atoms with Crippen LogP contribution in [0.25, 0.3) is 0 Å². The monoisotopic (exact) mass is 819 g/mol. The van der Waals surface area contributed by atoms with Gasteiger partial charge in [0.1, 0.15) is 5.82 Å². The quantitative estimate of drug-likeness (QED) is 0.252. The first kappa shape index (κ1) is 40.7. The molecule has 0 radical (unpaired) electrons. The first-order valence-corrected chi connectivity index (χ1v) is 22.3. The third kappa shape index (κ3) is 8.22. The van der Waals surface area contributed by atoms with E-state index < -0.39 is 21.6 Å². The molecule has 14 heteroatoms. The van der Waals surface area contributed by atoms with E-state index in [2.05, 4.69) is 21.2 Å². The Hall–Kier alpha value is -4.11. The van der Waals surface area contributed by atoms with Crippen molar-refractivity contribution in [3.8, 4) is 0 Å². The molecule has 11 nitrogen and oxygen atoms in total. The van der Waals surface area contributed by atoms with Crippen molar-refractivity contribution >= 4 is 27.5 Å². The lowest BCUT2D eigenvalue weighted by molar-refractivity contribution is 0.00584. The average Bonchev–Trinajstić information content (AvgIpc) is 3.68. The first-order valence-electron chi connectivity index (χ1n) is 20.8. The number of alkyl carbamates (subject to hydrolysis) is 1. The molecule has 1 aliphatic carbocycles. The lowest BCUT2D eigenvalue weighted by Crippen LogP contribution is -2.65. The minimum absolute atomic E-state index is 0.0801. The summed E-state index contributed by atoms with van der Waals surface area (Å²) in [5, 5.41) is 3.14. The number of anilines is 1. The molecule has 3 aromatic carbocycles. The highest BCUT2D eigenvalue weighted by Crippen LogP contribution is 2.51. The van der Waals surface area contributed by atoms with Crippen LogP contribution in [0.3, 0.4) is 0 Å². The SMILES string of the molecule is COC(=O)N[C@H]1CCC[C@@H]1C(CN1CCC1)(c1cccc(F)c1)C1CCN(CC2(F)CN(c3ccc(S(=O)(=O)c4ccc(C(=O)N5CCOCC5)cc4)cc3)C2)CC1. The van der Waals surface area contributed by atoms with Crippen molar-refractivity contribution in [1.82, 2.24) is 20.0 Å². The van der Waals surface area contributed by atoms with Gasteiger partial charge >= 0.3 is 6.09 Å². The van der Waals surface area contributed by atoms with E-state index in [1.807, 2.05) is 4.90 Å². The van der Waals surface area contributed by atoms with Gasteiger partial charge in [0.15, 0.2) is 5.67 Å². The second-order valence-corrected chi connectivity index (χ2v) is 18.9. The van der Waals surface area contributed by atoms with Crippen LogP contribution in [0.4, 0.5) is 19.3 Å². The Kier molecular flexibility index (Phi) is 11.8. The highest BCUT2D eigenvalue weighted by molar-refractivity contribution is 7.91. The minimum Gasteiger partial charge on any atom is -0.453 e. The number of morpholine rings is 1. The predicted molar refractivity (Wildman–Crippen MR) is 216 cm³/mol. The highest BCUT2D eigenvalue weighted by atomic mass is 32.2. The maximum Gasteiger partial charge on any atom is 0.407 e. The predicted octanol–water partition coefficient (Wildman–Crippen LogP) is 5.54. The van der Waals surface area contributed by atoms with Crippen molar-refractivity contribution in [2.75, 3.05) is 90.7 Å². The van der Waals surface area contributed by atoms with Crippen LogP contribution in [-0.2, 0) is 24.7 Å². The molecule has 312 valence electrons. The summed E-state index contributed by atoms with van der Waals surface area (Å²) in [7, 11) is -2.44. The number of likely N-dealkylation sites (tertiary alicyclic amines) is 2. The molecule has 3 aromatic rings. The van der Waals surface area contributed by atoms with Gasteiger partial charge in [-0.15, -0.1) is 0 Å². The topological polar surface area (TPSA) is 112 Å². The number of rotatable bonds is 12. The number of amides is 2. The smallest absolute Gasteiger partial charge is 0.407 e. The fourth-order valence-electron chi connectivity index (χ4n) is 10.4. The van der Waals surface area contributed by atoms with Gasteiger partial charge in [-0.1, -0.05) is 18.6 Å². The van der Waals surface area contributed by atoms with E-state index in [1.165, 1.54) is 25.3 Å². The van der Waals surface area contributed by atoms with E-state index in [4.69, 9.17) is 9.47 Å². The molecule has 3 atom stereocenters. The number of piperidine rings is 1. The van der Waals surface area contributed by atoms with Crippen LogP contribution in [0, 0.1) is 17.7 Å². The molecule has 0 bridgehead atoms. The van der Waals surface area contributed by atoms with Crippen molar-refractivity contribution in [1.29, 1.82) is 0 Å². The molecular weight excluding hydrogens is 765 g/mol. The van der Waals surface area contributed by atoms with Crippen LogP contribution < -0.4 is 10.2 Å². The highest BCUT2D eigenvalue weighted by Gasteiger charge is 2.54. The van der Waals surface area contributed by atoms with Crippen molar-refractivity contribution in [3.05, 3.63) is 89.7 Å². The van der Waals surface area contributed by atoms with E-state index in [0.29, 0.717) is 38.4 Å². The van der Waals surface area contributed by atoms with Gasteiger partial charge < -0.3 is 29.5 Å². The summed E-state index contributed by atoms with van der Waals surface area (Å²) < 4.78 is 68.6. The molecule has 8 rings (SSSR count). The van der Waals surface area contributed by atoms with E-state index >= 15 is 8.78 Å². The fraction of sp³-hybridized carbons (Fsp3) is 0.545. The second kappa shape index (κ2) is 16.9. The molecule has 1 saturated carbocycles. The van der Waals surface area contributed by atoms with Crippen LogP contribution in [0.1, 0.15) is 54.4 Å². The van der Waals surface area contributed by atoms with E-state index in [9.17, 15) is 18.0 Å². The normalized spacial score (nSPS) is 24.1. The summed E-state index contributed by atoms with van der Waals surface area (Å²) in [6.07, 6.45) is 5.14. The molecule has 4 saturated heterocycles. The molecule has 5 fully saturated rings. The summed E-state index contributed by atoms with van der Waals surface area (Å²) in [5.41, 5.74) is 0.388. The number of sulfone groups is 1. The number of halogens is 2. The van der Waals surface area contributed by atoms with Crippen LogP contribution in [0.2, 0.25) is 0 Å². The van der Waals surface area contributed by atoms with Gasteiger partial charge in [0.2, 0.25) is 9.84 Å². The number of carbonyl (C=O) groups is 2. The van der Waals surface area contributed by atoms with E-state index in [1.54, 1.807) is 53.4 Å². The first-order chi connectivity index (χ1) is 28.0. The number of alkyl halides is 1. The summed E-state index contributed by atoms with van der Waals surface area (Å²) in [6.45, 7) is 6.97. The fourth-order valence-corrected chi connectivity index (χ4v) is 11.6. The number of ether oxygens (including phenoxy) is 2. The Morgan fingerprint density at radius 3 is 2.16 bits per heavy atom. The second-order valence-electron chi connectivity index (χ2n) is 16.9. The number of methoxy groups -OCH3 is 1. The maximum atomic E-state index is 16.3. The number of carbonyl (C=O) groups excluding carboxylic acids is 2. The minimum atomic E-state index is -3.82. The van der Waals surface area contributed by atoms with E-state index in [0.717, 1.165) is 82.5 Å². The maximum absolute atomic E-state index is 16.3. The standard InChI is InChI=1S/C44H55F2N5O6S/c1-56-42(53)47-40-8-3-7-39(40)44(31-48-19-4-20-48,34-5-2-6-35(45)27-34)33-17-21-49(22-18-33)28-43(46)29-51(30-43)36-11-15-38(16-12-36)58(54,55)37-13-9-32(10-14-37)41(52)50-23-25-57-26-24-50/h2,5-6,9-16,27,33,39-40H,3-4,7-8,17-26,28-31H2,1H3,(H,47,53)/t39-,40-,44?/m0/s1. The van der Waals surface area contributed by atoms with E-state index in [-0.39, 0.29) is 57.9 Å². The molecular formula is C44H55F2N5O6S. The Morgan fingerprint density at radius 1 is 0.862 bits per heavy atom. The third-order valence-electron chi connectivity index (χ3n) is 13.5. The number of benzene rings is 3. The third-order valence-corrected chi connectivity index (χ3v) is 15.2. The molecule has 0 spiro atoms. The molecule has 2 amide bonds. The van der Waals surface area contributed by atoms with Crippen molar-refractivity contribution in [2.45, 2.75) is 65.4 Å². The number of nitrogens with one attached hydrogen (secondary N) is 1. The molecule has 4 heterocycles. The van der Waals surface area contributed by atoms with Gasteiger partial charge in [-0.25, -0.2) is 22.0 Å². The Morgan fingerprint density at radius 2 is 1.53 bits per heavy atom. The Bertz CT molecular complexity index is 2030. The summed E-state index contributed by atoms with van der Waals surface area (Å²) >= 11 is 0. The zero-order valence-electron chi connectivity index (χ0n) is 33.3. The van der Waals surface area contributed by atoms with Gasteiger partial charge in [-0.3, -0.25) is 9.69 Å². The molecule has 1 unspecified atom stereocenters. The van der Waals surface area contributed by atoms with Gasteiger partial charge in [-0.05, 0) is 136 Å². The van der Waals surface area contributed by atoms with Crippen molar-refractivity contribution < 1.29 is 36.3 Å². The van der Waals surface area contributed by atoms with Gasteiger partial charge in [-0.2, -0.15) is 0 Å². The zero-order chi connectivity index (χ0) is 40.5. The Balaban J connectivity index is 0.903. The molecule has 58 heavy (non-hydrogen) atoms. The molecule has 5 aliphatic rings. The molecule has 0 aromatic heterocycles. The lowest BCUT2D eigenvalue weighted by atomic mass is 9.57. The summed E-state index contributed by atoms with van der Waals surface area (Å²) in [6, 6.07) is 19.6. The van der Waals surface area contributed by atoms with Crippen LogP contribution in [-0.4, -0.2) is 133 Å². The number of hydrogen-bond acceptors (Lipinski definition) is 9. The van der Waals surface area contributed by atoms with Crippen molar-refractivity contribution in [3.63, 3.8) is 0 Å². The van der Waals surface area contributed by atoms with Gasteiger partial charge in [0, 0.05) is 48.9 Å². The van der Waals surface area contributed by atoms with Gasteiger partial charge in [0.25, 0.3) is 5.91 Å². The Labute approximate surface area is 340 Å². The zero-order valence-corrected chi connectivity index (χ0v) is 34.1. The summed E-state index contributed by atoms with van der Waals surface area (Å²) in [5.74, 6) is -0.0810.